The summed E-state index contributed by atoms with van der Waals surface area (Å²) in [5, 5.41) is 7.62. The predicted octanol–water partition coefficient (Wildman–Crippen LogP) is 3.99. The van der Waals surface area contributed by atoms with Crippen molar-refractivity contribution in [2.75, 3.05) is 36.4 Å². The highest BCUT2D eigenvalue weighted by molar-refractivity contribution is 5.95. The van der Waals surface area contributed by atoms with Gasteiger partial charge in [0, 0.05) is 61.6 Å². The highest BCUT2D eigenvalue weighted by Gasteiger charge is 2.24. The largest absolute Gasteiger partial charge is 0.340 e. The zero-order valence-electron chi connectivity index (χ0n) is 19.3. The first-order valence-electron chi connectivity index (χ1n) is 11.4. The number of amides is 1. The molecule has 3 heterocycles. The van der Waals surface area contributed by atoms with Gasteiger partial charge in [-0.3, -0.25) is 4.79 Å². The number of nitrogens with zero attached hydrogens (tertiary/aromatic N) is 6. The summed E-state index contributed by atoms with van der Waals surface area (Å²) in [7, 11) is 0. The summed E-state index contributed by atoms with van der Waals surface area (Å²) < 4.78 is 1.76. The summed E-state index contributed by atoms with van der Waals surface area (Å²) in [5.41, 5.74) is 4.63. The minimum atomic E-state index is 0.0283. The van der Waals surface area contributed by atoms with Crippen molar-refractivity contribution in [2.24, 2.45) is 0 Å². The van der Waals surface area contributed by atoms with Crippen LogP contribution in [0.5, 0.6) is 0 Å². The molecule has 0 atom stereocenters. The Morgan fingerprint density at radius 3 is 2.44 bits per heavy atom. The maximum absolute atomic E-state index is 13.1. The summed E-state index contributed by atoms with van der Waals surface area (Å²) in [6.45, 7) is 6.62. The second kappa shape index (κ2) is 9.35. The summed E-state index contributed by atoms with van der Waals surface area (Å²) in [6.07, 6.45) is 3.59. The van der Waals surface area contributed by atoms with Crippen LogP contribution in [0.4, 0.5) is 17.5 Å². The van der Waals surface area contributed by atoms with Crippen molar-refractivity contribution in [1.82, 2.24) is 24.6 Å². The quantitative estimate of drug-likeness (QED) is 0.492. The molecule has 0 spiro atoms. The molecule has 0 radical (unpaired) electrons. The summed E-state index contributed by atoms with van der Waals surface area (Å²) in [6, 6.07) is 19.6. The van der Waals surface area contributed by atoms with E-state index in [4.69, 9.17) is 4.98 Å². The van der Waals surface area contributed by atoms with Gasteiger partial charge in [0.2, 0.25) is 5.95 Å². The number of aromatic nitrogens is 4. The van der Waals surface area contributed by atoms with Gasteiger partial charge in [0.25, 0.3) is 5.91 Å². The molecular formula is C26H27N7O. The fourth-order valence-electron chi connectivity index (χ4n) is 4.04. The third kappa shape index (κ3) is 4.76. The first kappa shape index (κ1) is 21.6. The standard InChI is InChI=1S/C26H27N7O/c1-19-7-9-22(10-8-19)29-24-17-20(2)28-26(30-24)32-15-13-31(14-16-32)25(34)21-5-3-6-23(18-21)33-12-4-11-27-33/h3-12,17-18H,13-16H2,1-2H3,(H,28,29,30). The molecule has 8 heteroatoms. The molecule has 1 fully saturated rings. The Bertz CT molecular complexity index is 1280. The minimum absolute atomic E-state index is 0.0283. The number of benzene rings is 2. The van der Waals surface area contributed by atoms with Gasteiger partial charge < -0.3 is 15.1 Å². The highest BCUT2D eigenvalue weighted by atomic mass is 16.2. The van der Waals surface area contributed by atoms with Crippen molar-refractivity contribution in [3.63, 3.8) is 0 Å². The van der Waals surface area contributed by atoms with Gasteiger partial charge in [-0.25, -0.2) is 9.67 Å². The first-order valence-corrected chi connectivity index (χ1v) is 11.4. The molecule has 8 nitrogen and oxygen atoms in total. The zero-order chi connectivity index (χ0) is 23.5. The average Bonchev–Trinajstić information content (AvgIpc) is 3.40. The average molecular weight is 454 g/mol. The Kier molecular flexibility index (Phi) is 5.95. The lowest BCUT2D eigenvalue weighted by molar-refractivity contribution is 0.0746. The molecule has 1 aliphatic rings. The Morgan fingerprint density at radius 1 is 0.912 bits per heavy atom. The van der Waals surface area contributed by atoms with Crippen LogP contribution >= 0.6 is 0 Å². The number of hydrogen-bond donors (Lipinski definition) is 1. The second-order valence-electron chi connectivity index (χ2n) is 8.47. The van der Waals surface area contributed by atoms with Gasteiger partial charge in [0.05, 0.1) is 5.69 Å². The Hall–Kier alpha value is -4.20. The van der Waals surface area contributed by atoms with Gasteiger partial charge in [-0.1, -0.05) is 23.8 Å². The molecule has 0 unspecified atom stereocenters. The number of carbonyl (C=O) groups excluding carboxylic acids is 1. The number of carbonyl (C=O) groups is 1. The van der Waals surface area contributed by atoms with Crippen LogP contribution < -0.4 is 10.2 Å². The normalized spacial score (nSPS) is 13.7. The van der Waals surface area contributed by atoms with Crippen LogP contribution in [0, 0.1) is 13.8 Å². The van der Waals surface area contributed by atoms with E-state index >= 15 is 0 Å². The van der Waals surface area contributed by atoms with E-state index in [1.54, 1.807) is 10.9 Å². The first-order chi connectivity index (χ1) is 16.5. The van der Waals surface area contributed by atoms with Gasteiger partial charge in [0.15, 0.2) is 0 Å². The van der Waals surface area contributed by atoms with Crippen LogP contribution in [0.3, 0.4) is 0 Å². The lowest BCUT2D eigenvalue weighted by Crippen LogP contribution is -2.49. The molecule has 0 saturated carbocycles. The smallest absolute Gasteiger partial charge is 0.254 e. The number of rotatable bonds is 5. The van der Waals surface area contributed by atoms with Gasteiger partial charge in [0.1, 0.15) is 5.82 Å². The molecule has 2 aromatic heterocycles. The second-order valence-corrected chi connectivity index (χ2v) is 8.47. The molecule has 0 aliphatic carbocycles. The zero-order valence-corrected chi connectivity index (χ0v) is 19.3. The van der Waals surface area contributed by atoms with Crippen LogP contribution in [-0.4, -0.2) is 56.7 Å². The lowest BCUT2D eigenvalue weighted by Gasteiger charge is -2.35. The Morgan fingerprint density at radius 2 is 1.71 bits per heavy atom. The lowest BCUT2D eigenvalue weighted by atomic mass is 10.1. The molecule has 2 aromatic carbocycles. The van der Waals surface area contributed by atoms with Crippen molar-refractivity contribution in [2.45, 2.75) is 13.8 Å². The van der Waals surface area contributed by atoms with Crippen molar-refractivity contribution < 1.29 is 4.79 Å². The summed E-state index contributed by atoms with van der Waals surface area (Å²) >= 11 is 0. The van der Waals surface area contributed by atoms with E-state index in [1.165, 1.54) is 5.56 Å². The molecule has 172 valence electrons. The third-order valence-corrected chi connectivity index (χ3v) is 5.88. The molecule has 0 bridgehead atoms. The molecular weight excluding hydrogens is 426 g/mol. The van der Waals surface area contributed by atoms with Crippen molar-refractivity contribution in [3.8, 4) is 5.69 Å². The molecule has 1 aliphatic heterocycles. The third-order valence-electron chi connectivity index (χ3n) is 5.88. The number of hydrogen-bond acceptors (Lipinski definition) is 6. The molecule has 4 aromatic rings. The van der Waals surface area contributed by atoms with Crippen LogP contribution in [0.1, 0.15) is 21.6 Å². The molecule has 1 amide bonds. The SMILES string of the molecule is Cc1ccc(Nc2cc(C)nc(N3CCN(C(=O)c4cccc(-n5cccn5)c4)CC3)n2)cc1. The van der Waals surface area contributed by atoms with E-state index in [0.717, 1.165) is 22.9 Å². The van der Waals surface area contributed by atoms with Crippen molar-refractivity contribution in [3.05, 3.63) is 89.9 Å². The van der Waals surface area contributed by atoms with E-state index in [-0.39, 0.29) is 5.91 Å². The van der Waals surface area contributed by atoms with Crippen LogP contribution in [0.2, 0.25) is 0 Å². The number of anilines is 3. The van der Waals surface area contributed by atoms with Gasteiger partial charge in [-0.2, -0.15) is 10.1 Å². The van der Waals surface area contributed by atoms with E-state index in [1.807, 2.05) is 66.6 Å². The van der Waals surface area contributed by atoms with E-state index in [9.17, 15) is 4.79 Å². The number of piperazine rings is 1. The number of nitrogens with one attached hydrogen (secondary N) is 1. The molecule has 1 N–H and O–H groups in total. The van der Waals surface area contributed by atoms with E-state index < -0.39 is 0 Å². The summed E-state index contributed by atoms with van der Waals surface area (Å²) in [4.78, 5) is 26.5. The van der Waals surface area contributed by atoms with Crippen LogP contribution in [0.25, 0.3) is 5.69 Å². The monoisotopic (exact) mass is 453 g/mol. The molecule has 34 heavy (non-hydrogen) atoms. The van der Waals surface area contributed by atoms with E-state index in [0.29, 0.717) is 37.7 Å². The van der Waals surface area contributed by atoms with Gasteiger partial charge in [-0.05, 0) is 50.2 Å². The predicted molar refractivity (Wildman–Crippen MR) is 133 cm³/mol. The maximum Gasteiger partial charge on any atom is 0.254 e. The van der Waals surface area contributed by atoms with Gasteiger partial charge >= 0.3 is 0 Å². The Balaban J connectivity index is 1.25. The fraction of sp³-hybridized carbons (Fsp3) is 0.231. The molecule has 1 saturated heterocycles. The Labute approximate surface area is 198 Å². The van der Waals surface area contributed by atoms with Crippen molar-refractivity contribution in [1.29, 1.82) is 0 Å². The van der Waals surface area contributed by atoms with Crippen LogP contribution in [0.15, 0.2) is 73.1 Å². The maximum atomic E-state index is 13.1. The minimum Gasteiger partial charge on any atom is -0.340 e. The van der Waals surface area contributed by atoms with Crippen LogP contribution in [-0.2, 0) is 0 Å². The number of aryl methyl sites for hydroxylation is 2. The topological polar surface area (TPSA) is 79.2 Å². The highest BCUT2D eigenvalue weighted by Crippen LogP contribution is 2.21. The summed E-state index contributed by atoms with van der Waals surface area (Å²) in [5.74, 6) is 1.48. The fourth-order valence-corrected chi connectivity index (χ4v) is 4.04. The van der Waals surface area contributed by atoms with E-state index in [2.05, 4.69) is 39.4 Å². The van der Waals surface area contributed by atoms with Crippen molar-refractivity contribution >= 4 is 23.4 Å². The molecule has 5 rings (SSSR count). The van der Waals surface area contributed by atoms with Gasteiger partial charge in [-0.15, -0.1) is 0 Å².